The summed E-state index contributed by atoms with van der Waals surface area (Å²) < 4.78 is 32.6. The van der Waals surface area contributed by atoms with Gasteiger partial charge in [0.25, 0.3) is 0 Å². The molecule has 0 aliphatic rings. The summed E-state index contributed by atoms with van der Waals surface area (Å²) >= 11 is 0. The summed E-state index contributed by atoms with van der Waals surface area (Å²) in [6.45, 7) is 0.656. The van der Waals surface area contributed by atoms with Gasteiger partial charge >= 0.3 is 11.9 Å². The highest BCUT2D eigenvalue weighted by Gasteiger charge is 2.15. The number of hydrogen-bond acceptors (Lipinski definition) is 12. The lowest BCUT2D eigenvalue weighted by atomic mass is 10.1. The SMILES string of the molecule is CNCc1cccc(Oc2cc(OC)ccc2C#N)c1OC.COc1ccc(C#N)c(Oc2cccc(C=O)c2OC)c1.O=C(O)/C=C/C(=O)O. The maximum Gasteiger partial charge on any atom is 0.328 e. The Labute approximate surface area is 294 Å². The highest BCUT2D eigenvalue weighted by molar-refractivity contribution is 5.89. The number of hydrogen-bond donors (Lipinski definition) is 3. The fourth-order valence-electron chi connectivity index (χ4n) is 4.12. The number of para-hydroxylation sites is 2. The standard InChI is InChI=1S/C17H18N2O3.C16H13NO4.C4H4O4/c1-19-11-13-5-4-6-15(17(13)21-3)22-16-9-14(20-2)8-7-12(16)10-18;1-19-13-7-6-11(9-17)15(8-13)21-14-5-3-4-12(10-18)16(14)20-2;5-3(6)1-2-4(7)8/h4-9,19H,11H2,1-3H3;3-8,10H,1-2H3;1-2H,(H,5,6)(H,7,8)/b;;2-1+. The van der Waals surface area contributed by atoms with Crippen molar-refractivity contribution in [2.45, 2.75) is 6.54 Å². The van der Waals surface area contributed by atoms with E-state index in [0.29, 0.717) is 87.7 Å². The van der Waals surface area contributed by atoms with Crippen molar-refractivity contribution < 1.29 is 53.0 Å². The van der Waals surface area contributed by atoms with Gasteiger partial charge in [-0.3, -0.25) is 4.79 Å². The maximum absolute atomic E-state index is 11.0. The minimum atomic E-state index is -1.26. The zero-order chi connectivity index (χ0) is 37.8. The van der Waals surface area contributed by atoms with Crippen molar-refractivity contribution >= 4 is 18.2 Å². The van der Waals surface area contributed by atoms with E-state index < -0.39 is 11.9 Å². The molecule has 0 fully saturated rings. The second-order valence-electron chi connectivity index (χ2n) is 9.64. The van der Waals surface area contributed by atoms with Crippen LogP contribution in [-0.2, 0) is 16.1 Å². The quantitative estimate of drug-likeness (QED) is 0.109. The number of benzene rings is 4. The molecule has 4 rings (SSSR count). The molecule has 0 unspecified atom stereocenters. The molecule has 0 atom stereocenters. The Morgan fingerprint density at radius 3 is 1.55 bits per heavy atom. The lowest BCUT2D eigenvalue weighted by Crippen LogP contribution is -2.07. The molecular formula is C37H35N3O11. The first-order valence-corrected chi connectivity index (χ1v) is 14.7. The first-order valence-electron chi connectivity index (χ1n) is 14.7. The van der Waals surface area contributed by atoms with Gasteiger partial charge in [-0.2, -0.15) is 10.5 Å². The first-order chi connectivity index (χ1) is 24.6. The van der Waals surface area contributed by atoms with Gasteiger partial charge in [0.2, 0.25) is 0 Å². The van der Waals surface area contributed by atoms with E-state index >= 15 is 0 Å². The summed E-state index contributed by atoms with van der Waals surface area (Å²) in [5, 5.41) is 37.0. The summed E-state index contributed by atoms with van der Waals surface area (Å²) in [5.41, 5.74) is 2.14. The molecule has 0 amide bonds. The molecule has 4 aromatic rings. The predicted molar refractivity (Wildman–Crippen MR) is 184 cm³/mol. The van der Waals surface area contributed by atoms with Gasteiger partial charge in [-0.1, -0.05) is 18.2 Å². The number of carboxylic acids is 2. The Morgan fingerprint density at radius 2 is 1.16 bits per heavy atom. The molecule has 14 heteroatoms. The van der Waals surface area contributed by atoms with E-state index in [1.165, 1.54) is 14.2 Å². The molecule has 0 saturated carbocycles. The lowest BCUT2D eigenvalue weighted by molar-refractivity contribution is -0.134. The van der Waals surface area contributed by atoms with Crippen LogP contribution in [-0.4, -0.2) is 63.9 Å². The molecule has 0 heterocycles. The minimum absolute atomic E-state index is 0.319. The molecule has 0 spiro atoms. The number of nitrogens with zero attached hydrogens (tertiary/aromatic N) is 2. The highest BCUT2D eigenvalue weighted by atomic mass is 16.5. The van der Waals surface area contributed by atoms with Gasteiger partial charge in [-0.15, -0.1) is 0 Å². The third-order valence-electron chi connectivity index (χ3n) is 6.40. The minimum Gasteiger partial charge on any atom is -0.497 e. The highest BCUT2D eigenvalue weighted by Crippen LogP contribution is 2.38. The summed E-state index contributed by atoms with van der Waals surface area (Å²) in [5.74, 6) is 1.31. The molecule has 0 aromatic heterocycles. The Hall–Kier alpha value is -7.03. The number of nitrogens with one attached hydrogen (secondary N) is 1. The van der Waals surface area contributed by atoms with Gasteiger partial charge in [-0.05, 0) is 49.5 Å². The summed E-state index contributed by atoms with van der Waals surface area (Å²) in [6, 6.07) is 24.7. The molecule has 0 bridgehead atoms. The molecule has 0 aliphatic carbocycles. The van der Waals surface area contributed by atoms with Gasteiger partial charge in [-0.25, -0.2) is 9.59 Å². The molecule has 0 saturated heterocycles. The number of aldehydes is 1. The average Bonchev–Trinajstić information content (AvgIpc) is 3.14. The second kappa shape index (κ2) is 21.0. The number of aliphatic carboxylic acids is 2. The van der Waals surface area contributed by atoms with E-state index in [-0.39, 0.29) is 0 Å². The fraction of sp³-hybridized carbons (Fsp3) is 0.162. The van der Waals surface area contributed by atoms with Crippen molar-refractivity contribution in [1.29, 1.82) is 10.5 Å². The second-order valence-corrected chi connectivity index (χ2v) is 9.64. The van der Waals surface area contributed by atoms with Crippen LogP contribution in [0.3, 0.4) is 0 Å². The monoisotopic (exact) mass is 697 g/mol. The normalized spacial score (nSPS) is 9.71. The zero-order valence-corrected chi connectivity index (χ0v) is 28.3. The van der Waals surface area contributed by atoms with Crippen molar-refractivity contribution in [1.82, 2.24) is 5.32 Å². The number of rotatable bonds is 13. The number of methoxy groups -OCH3 is 4. The van der Waals surface area contributed by atoms with Crippen molar-refractivity contribution in [3.8, 4) is 58.1 Å². The molecule has 14 nitrogen and oxygen atoms in total. The summed E-state index contributed by atoms with van der Waals surface area (Å²) in [4.78, 5) is 30.1. The van der Waals surface area contributed by atoms with Crippen molar-refractivity contribution in [3.63, 3.8) is 0 Å². The van der Waals surface area contributed by atoms with Crippen LogP contribution < -0.4 is 33.7 Å². The molecule has 51 heavy (non-hydrogen) atoms. The Bertz CT molecular complexity index is 1910. The fourth-order valence-corrected chi connectivity index (χ4v) is 4.12. The van der Waals surface area contributed by atoms with Crippen molar-refractivity contribution in [2.75, 3.05) is 35.5 Å². The van der Waals surface area contributed by atoms with Gasteiger partial charge in [0, 0.05) is 36.4 Å². The van der Waals surface area contributed by atoms with Crippen LogP contribution in [0.15, 0.2) is 84.9 Å². The summed E-state index contributed by atoms with van der Waals surface area (Å²) in [7, 11) is 8.00. The third kappa shape index (κ3) is 12.2. The predicted octanol–water partition coefficient (Wildman–Crippen LogP) is 5.98. The topological polar surface area (TPSA) is 207 Å². The zero-order valence-electron chi connectivity index (χ0n) is 28.3. The smallest absolute Gasteiger partial charge is 0.328 e. The molecule has 264 valence electrons. The Morgan fingerprint density at radius 1 is 0.686 bits per heavy atom. The molecule has 4 aromatic carbocycles. The number of carbonyl (C=O) groups is 3. The lowest BCUT2D eigenvalue weighted by Gasteiger charge is -2.15. The Kier molecular flexibility index (Phi) is 16.6. The van der Waals surface area contributed by atoms with E-state index in [9.17, 15) is 19.6 Å². The van der Waals surface area contributed by atoms with E-state index in [1.807, 2.05) is 25.2 Å². The molecule has 3 N–H and O–H groups in total. The van der Waals surface area contributed by atoms with Crippen LogP contribution in [0.5, 0.6) is 46.0 Å². The van der Waals surface area contributed by atoms with E-state index in [2.05, 4.69) is 11.4 Å². The van der Waals surface area contributed by atoms with Gasteiger partial charge in [0.05, 0.1) is 45.1 Å². The van der Waals surface area contributed by atoms with E-state index in [1.54, 1.807) is 74.9 Å². The third-order valence-corrected chi connectivity index (χ3v) is 6.40. The van der Waals surface area contributed by atoms with Crippen LogP contribution >= 0.6 is 0 Å². The summed E-state index contributed by atoms with van der Waals surface area (Å²) in [6.07, 6.45) is 1.80. The molecular weight excluding hydrogens is 662 g/mol. The first kappa shape index (κ1) is 40.1. The van der Waals surface area contributed by atoms with E-state index in [0.717, 1.165) is 5.56 Å². The number of ether oxygens (including phenoxy) is 6. The Balaban J connectivity index is 0.000000293. The van der Waals surface area contributed by atoms with Crippen LogP contribution in [0, 0.1) is 22.7 Å². The van der Waals surface area contributed by atoms with Crippen molar-refractivity contribution in [3.05, 3.63) is 107 Å². The number of carbonyl (C=O) groups excluding carboxylic acids is 1. The molecule has 0 radical (unpaired) electrons. The largest absolute Gasteiger partial charge is 0.497 e. The van der Waals surface area contributed by atoms with Gasteiger partial charge in [0.15, 0.2) is 29.3 Å². The van der Waals surface area contributed by atoms with Crippen LogP contribution in [0.2, 0.25) is 0 Å². The molecule has 0 aliphatic heterocycles. The van der Waals surface area contributed by atoms with Crippen molar-refractivity contribution in [2.24, 2.45) is 0 Å². The van der Waals surface area contributed by atoms with E-state index in [4.69, 9.17) is 43.9 Å². The average molecular weight is 698 g/mol. The number of carboxylic acid groups (broad SMARTS) is 2. The van der Waals surface area contributed by atoms with Crippen LogP contribution in [0.25, 0.3) is 0 Å². The van der Waals surface area contributed by atoms with Gasteiger partial charge in [0.1, 0.15) is 35.1 Å². The van der Waals surface area contributed by atoms with Gasteiger partial charge < -0.3 is 44.0 Å². The van der Waals surface area contributed by atoms with Crippen LogP contribution in [0.4, 0.5) is 0 Å². The van der Waals surface area contributed by atoms with Crippen LogP contribution in [0.1, 0.15) is 27.0 Å². The maximum atomic E-state index is 11.0. The number of nitriles is 2.